The first-order chi connectivity index (χ1) is 12.1. The second-order valence-corrected chi connectivity index (χ2v) is 8.56. The molecular formula is C17H13N3O2S3. The quantitative estimate of drug-likeness (QED) is 0.565. The molecule has 4 rings (SSSR count). The number of rotatable bonds is 5. The van der Waals surface area contributed by atoms with Crippen molar-refractivity contribution in [2.45, 2.75) is 10.9 Å². The van der Waals surface area contributed by atoms with Crippen LogP contribution in [0.15, 0.2) is 70.9 Å². The van der Waals surface area contributed by atoms with Crippen LogP contribution < -0.4 is 4.72 Å². The van der Waals surface area contributed by atoms with Gasteiger partial charge in [0.25, 0.3) is 0 Å². The van der Waals surface area contributed by atoms with Crippen LogP contribution in [-0.2, 0) is 10.0 Å². The fourth-order valence-corrected chi connectivity index (χ4v) is 5.46. The molecule has 5 nitrogen and oxygen atoms in total. The van der Waals surface area contributed by atoms with Gasteiger partial charge in [0.05, 0.1) is 17.8 Å². The van der Waals surface area contributed by atoms with Gasteiger partial charge in [-0.3, -0.25) is 0 Å². The third-order valence-electron chi connectivity index (χ3n) is 3.77. The lowest BCUT2D eigenvalue weighted by Gasteiger charge is -2.18. The molecule has 2 aromatic heterocycles. The van der Waals surface area contributed by atoms with Gasteiger partial charge in [0.15, 0.2) is 0 Å². The molecule has 0 fully saturated rings. The summed E-state index contributed by atoms with van der Waals surface area (Å²) in [4.78, 5) is 1.08. The van der Waals surface area contributed by atoms with Crippen LogP contribution in [0.1, 0.15) is 16.5 Å². The van der Waals surface area contributed by atoms with E-state index in [0.717, 1.165) is 22.2 Å². The van der Waals surface area contributed by atoms with Crippen LogP contribution >= 0.6 is 23.1 Å². The Balaban J connectivity index is 1.78. The molecule has 8 heteroatoms. The van der Waals surface area contributed by atoms with Gasteiger partial charge in [0, 0.05) is 4.88 Å². The standard InChI is InChI=1S/C17H13N3O2S3/c21-25(22,15-10-4-8-13-17(15)19-24-18-13)20-16(14-9-5-11-23-14)12-6-2-1-3-7-12/h1-11,16,20H. The number of hydrogen-bond donors (Lipinski definition) is 1. The number of aromatic nitrogens is 2. The van der Waals surface area contributed by atoms with Crippen LogP contribution in [0.25, 0.3) is 11.0 Å². The number of fused-ring (bicyclic) bond motifs is 1. The van der Waals surface area contributed by atoms with Crippen LogP contribution in [0, 0.1) is 0 Å². The zero-order chi connectivity index (χ0) is 17.3. The molecule has 2 heterocycles. The van der Waals surface area contributed by atoms with Gasteiger partial charge in [-0.1, -0.05) is 42.5 Å². The molecule has 0 saturated heterocycles. The molecule has 2 aromatic carbocycles. The highest BCUT2D eigenvalue weighted by Gasteiger charge is 2.26. The minimum absolute atomic E-state index is 0.149. The number of benzene rings is 2. The van der Waals surface area contributed by atoms with E-state index in [1.165, 1.54) is 11.3 Å². The summed E-state index contributed by atoms with van der Waals surface area (Å²) in [5.41, 5.74) is 1.87. The average Bonchev–Trinajstić information content (AvgIpc) is 3.31. The molecule has 0 saturated carbocycles. The second-order valence-electron chi connectivity index (χ2n) is 5.37. The van der Waals surface area contributed by atoms with Crippen molar-refractivity contribution in [3.63, 3.8) is 0 Å². The summed E-state index contributed by atoms with van der Waals surface area (Å²) in [6.45, 7) is 0. The van der Waals surface area contributed by atoms with Gasteiger partial charge in [-0.25, -0.2) is 8.42 Å². The minimum Gasteiger partial charge on any atom is -0.207 e. The molecule has 0 amide bonds. The Hall–Kier alpha value is -2.13. The van der Waals surface area contributed by atoms with E-state index in [9.17, 15) is 8.42 Å². The first-order valence-corrected chi connectivity index (χ1v) is 10.6. The Morgan fingerprint density at radius 3 is 2.52 bits per heavy atom. The summed E-state index contributed by atoms with van der Waals surface area (Å²) in [5, 5.41) is 1.94. The molecule has 1 atom stereocenters. The summed E-state index contributed by atoms with van der Waals surface area (Å²) in [5.74, 6) is 0. The second kappa shape index (κ2) is 6.64. The summed E-state index contributed by atoms with van der Waals surface area (Å²) in [7, 11) is -3.77. The van der Waals surface area contributed by atoms with Gasteiger partial charge in [-0.2, -0.15) is 13.5 Å². The van der Waals surface area contributed by atoms with Gasteiger partial charge in [-0.15, -0.1) is 11.3 Å². The smallest absolute Gasteiger partial charge is 0.207 e. The van der Waals surface area contributed by atoms with Gasteiger partial charge in [-0.05, 0) is 29.1 Å². The first-order valence-electron chi connectivity index (χ1n) is 7.47. The van der Waals surface area contributed by atoms with E-state index in [-0.39, 0.29) is 4.90 Å². The highest BCUT2D eigenvalue weighted by molar-refractivity contribution is 7.89. The van der Waals surface area contributed by atoms with E-state index in [2.05, 4.69) is 13.5 Å². The van der Waals surface area contributed by atoms with Crippen LogP contribution in [0.5, 0.6) is 0 Å². The van der Waals surface area contributed by atoms with Crippen molar-refractivity contribution in [1.29, 1.82) is 0 Å². The van der Waals surface area contributed by atoms with Crippen molar-refractivity contribution in [2.75, 3.05) is 0 Å². The lowest BCUT2D eigenvalue weighted by Crippen LogP contribution is -2.29. The number of hydrogen-bond acceptors (Lipinski definition) is 6. The van der Waals surface area contributed by atoms with E-state index < -0.39 is 16.1 Å². The van der Waals surface area contributed by atoms with Crippen molar-refractivity contribution in [2.24, 2.45) is 0 Å². The van der Waals surface area contributed by atoms with Crippen molar-refractivity contribution in [3.8, 4) is 0 Å². The normalized spacial score (nSPS) is 13.1. The maximum atomic E-state index is 13.1. The van der Waals surface area contributed by atoms with E-state index in [4.69, 9.17) is 0 Å². The van der Waals surface area contributed by atoms with Gasteiger partial charge >= 0.3 is 0 Å². The Labute approximate surface area is 153 Å². The molecule has 126 valence electrons. The van der Waals surface area contributed by atoms with Gasteiger partial charge in [0.1, 0.15) is 15.9 Å². The predicted molar refractivity (Wildman–Crippen MR) is 100 cm³/mol. The van der Waals surface area contributed by atoms with Crippen LogP contribution in [0.2, 0.25) is 0 Å². The Kier molecular flexibility index (Phi) is 4.34. The lowest BCUT2D eigenvalue weighted by atomic mass is 10.1. The average molecular weight is 388 g/mol. The monoisotopic (exact) mass is 387 g/mol. The zero-order valence-corrected chi connectivity index (χ0v) is 15.3. The van der Waals surface area contributed by atoms with Crippen molar-refractivity contribution in [3.05, 3.63) is 76.5 Å². The molecule has 0 aliphatic heterocycles. The predicted octanol–water partition coefficient (Wildman–Crippen LogP) is 3.82. The molecule has 0 bridgehead atoms. The molecule has 0 spiro atoms. The van der Waals surface area contributed by atoms with Crippen molar-refractivity contribution >= 4 is 44.1 Å². The topological polar surface area (TPSA) is 72.0 Å². The van der Waals surface area contributed by atoms with E-state index in [0.29, 0.717) is 11.0 Å². The highest BCUT2D eigenvalue weighted by atomic mass is 32.2. The molecule has 0 aliphatic rings. The molecule has 1 N–H and O–H groups in total. The SMILES string of the molecule is O=S(=O)(NC(c1ccccc1)c1cccs1)c1cccc2nsnc12. The number of nitrogens with one attached hydrogen (secondary N) is 1. The van der Waals surface area contributed by atoms with Crippen molar-refractivity contribution < 1.29 is 8.42 Å². The summed E-state index contributed by atoms with van der Waals surface area (Å²) < 4.78 is 37.2. The zero-order valence-electron chi connectivity index (χ0n) is 12.9. The Morgan fingerprint density at radius 1 is 0.920 bits per heavy atom. The fourth-order valence-electron chi connectivity index (χ4n) is 2.61. The fraction of sp³-hybridized carbons (Fsp3) is 0.0588. The van der Waals surface area contributed by atoms with Crippen LogP contribution in [0.3, 0.4) is 0 Å². The minimum atomic E-state index is -3.77. The third kappa shape index (κ3) is 3.21. The molecule has 25 heavy (non-hydrogen) atoms. The first kappa shape index (κ1) is 16.3. The number of nitrogens with zero attached hydrogens (tertiary/aromatic N) is 2. The molecule has 0 radical (unpaired) electrons. The summed E-state index contributed by atoms with van der Waals surface area (Å²) >= 11 is 2.52. The maximum absolute atomic E-state index is 13.1. The molecule has 0 aliphatic carbocycles. The molecule has 4 aromatic rings. The number of thiophene rings is 1. The summed E-state index contributed by atoms with van der Waals surface area (Å²) in [6, 6.07) is 17.9. The maximum Gasteiger partial charge on any atom is 0.243 e. The lowest BCUT2D eigenvalue weighted by molar-refractivity contribution is 0.574. The number of sulfonamides is 1. The van der Waals surface area contributed by atoms with Gasteiger partial charge in [0.2, 0.25) is 10.0 Å². The third-order valence-corrected chi connectivity index (χ3v) is 6.71. The van der Waals surface area contributed by atoms with E-state index >= 15 is 0 Å². The van der Waals surface area contributed by atoms with Gasteiger partial charge < -0.3 is 0 Å². The van der Waals surface area contributed by atoms with E-state index in [1.54, 1.807) is 18.2 Å². The largest absolute Gasteiger partial charge is 0.243 e. The Morgan fingerprint density at radius 2 is 1.76 bits per heavy atom. The van der Waals surface area contributed by atoms with E-state index in [1.807, 2.05) is 47.8 Å². The summed E-state index contributed by atoms with van der Waals surface area (Å²) in [6.07, 6.45) is 0. The van der Waals surface area contributed by atoms with Crippen LogP contribution in [0.4, 0.5) is 0 Å². The Bertz CT molecular complexity index is 1090. The highest BCUT2D eigenvalue weighted by Crippen LogP contribution is 2.29. The van der Waals surface area contributed by atoms with Crippen LogP contribution in [-0.4, -0.2) is 17.2 Å². The van der Waals surface area contributed by atoms with Crippen molar-refractivity contribution in [1.82, 2.24) is 13.5 Å². The molecule has 1 unspecified atom stereocenters. The molecular weight excluding hydrogens is 374 g/mol.